The second kappa shape index (κ2) is 40.3. The van der Waals surface area contributed by atoms with E-state index in [-0.39, 0.29) is 79.9 Å². The molecular formula is C73H103N21O14. The van der Waals surface area contributed by atoms with E-state index in [1.807, 2.05) is 17.9 Å². The first-order valence-corrected chi connectivity index (χ1v) is 36.1. The molecule has 0 bridgehead atoms. The Bertz CT molecular complexity index is 4190. The van der Waals surface area contributed by atoms with Crippen molar-refractivity contribution in [3.05, 3.63) is 119 Å². The molecule has 1 saturated heterocycles. The lowest BCUT2D eigenvalue weighted by Crippen LogP contribution is -2.62. The number of likely N-dealkylation sites (N-methyl/N-ethyl adjacent to an activating group) is 1. The molecule has 0 aliphatic carbocycles. The smallest absolute Gasteiger partial charge is 0.261 e. The number of aromatic hydroxyl groups is 1. The number of nitrogens with two attached hydrogens (primary N) is 4. The van der Waals surface area contributed by atoms with E-state index < -0.39 is 138 Å². The monoisotopic (exact) mass is 1500 g/mol. The number of aliphatic imine (C=N–C) groups is 1. The number of carbonyl (C=O) groups is 11. The molecule has 7 rings (SSSR count). The summed E-state index contributed by atoms with van der Waals surface area (Å²) in [7, 11) is 1.31. The van der Waals surface area contributed by atoms with Gasteiger partial charge in [0.2, 0.25) is 65.0 Å². The van der Waals surface area contributed by atoms with Gasteiger partial charge in [-0.3, -0.25) is 67.1 Å². The number of hydrogen-bond acceptors (Lipinski definition) is 19. The van der Waals surface area contributed by atoms with Crippen LogP contribution in [0.25, 0.3) is 21.8 Å². The van der Waals surface area contributed by atoms with Crippen LogP contribution >= 0.6 is 0 Å². The van der Waals surface area contributed by atoms with Gasteiger partial charge in [0.1, 0.15) is 60.6 Å². The van der Waals surface area contributed by atoms with Gasteiger partial charge in [-0.1, -0.05) is 71.4 Å². The molecule has 21 N–H and O–H groups in total. The average molecular weight is 1500 g/mol. The summed E-state index contributed by atoms with van der Waals surface area (Å²) in [4.78, 5) is 192. The maximum Gasteiger partial charge on any atom is 0.261 e. The first-order chi connectivity index (χ1) is 51.4. The number of nitrogens with zero attached hydrogens (tertiary/aromatic N) is 6. The van der Waals surface area contributed by atoms with Crippen LogP contribution in [0.5, 0.6) is 5.75 Å². The van der Waals surface area contributed by atoms with Crippen LogP contribution in [0.1, 0.15) is 103 Å². The lowest BCUT2D eigenvalue weighted by Gasteiger charge is -2.37. The minimum atomic E-state index is -1.81. The Balaban J connectivity index is 1.11. The summed E-state index contributed by atoms with van der Waals surface area (Å²) >= 11 is 0. The highest BCUT2D eigenvalue weighted by atomic mass is 16.3. The number of imidazole rings is 1. The molecule has 0 saturated carbocycles. The Hall–Kier alpha value is -11.5. The highest BCUT2D eigenvalue weighted by Crippen LogP contribution is 2.24. The molecule has 6 aromatic rings. The van der Waals surface area contributed by atoms with E-state index in [2.05, 4.69) is 77.7 Å². The second-order valence-electron chi connectivity index (χ2n) is 27.8. The number of phenols is 1. The van der Waals surface area contributed by atoms with Crippen LogP contribution in [-0.2, 0) is 78.5 Å². The summed E-state index contributed by atoms with van der Waals surface area (Å²) in [5.74, 6) is -10.6. The van der Waals surface area contributed by atoms with Gasteiger partial charge in [0.15, 0.2) is 5.96 Å². The van der Waals surface area contributed by atoms with Crippen molar-refractivity contribution in [2.45, 2.75) is 167 Å². The normalized spacial score (nSPS) is 15.0. The summed E-state index contributed by atoms with van der Waals surface area (Å²) in [5.41, 5.74) is 25.1. The third kappa shape index (κ3) is 24.5. The first kappa shape index (κ1) is 83.8. The number of hydrogen-bond donors (Lipinski definition) is 17. The number of anilines is 1. The van der Waals surface area contributed by atoms with E-state index in [9.17, 15) is 67.7 Å². The van der Waals surface area contributed by atoms with Gasteiger partial charge < -0.3 is 101 Å². The number of guanidine groups is 1. The van der Waals surface area contributed by atoms with Gasteiger partial charge in [0.05, 0.1) is 36.1 Å². The zero-order valence-corrected chi connectivity index (χ0v) is 61.9. The Kier molecular flexibility index (Phi) is 31.3. The van der Waals surface area contributed by atoms with E-state index >= 15 is 0 Å². The van der Waals surface area contributed by atoms with Gasteiger partial charge in [-0.15, -0.1) is 0 Å². The van der Waals surface area contributed by atoms with Crippen molar-refractivity contribution in [3.8, 4) is 5.75 Å². The third-order valence-electron chi connectivity index (χ3n) is 18.5. The van der Waals surface area contributed by atoms with Crippen LogP contribution in [0.3, 0.4) is 0 Å². The zero-order valence-electron chi connectivity index (χ0n) is 61.9. The third-order valence-corrected chi connectivity index (χ3v) is 18.5. The van der Waals surface area contributed by atoms with Gasteiger partial charge in [-0.05, 0) is 105 Å². The van der Waals surface area contributed by atoms with E-state index in [1.165, 1.54) is 57.1 Å². The first-order valence-electron chi connectivity index (χ1n) is 36.1. The van der Waals surface area contributed by atoms with Gasteiger partial charge in [-0.2, -0.15) is 0 Å². The number of H-pyrrole nitrogens is 2. The number of piperazine rings is 1. The number of benzene rings is 3. The fourth-order valence-electron chi connectivity index (χ4n) is 12.5. The number of aromatic nitrogens is 5. The van der Waals surface area contributed by atoms with E-state index in [0.717, 1.165) is 23.8 Å². The highest BCUT2D eigenvalue weighted by Gasteiger charge is 2.38. The molecule has 35 nitrogen and oxygen atoms in total. The number of amides is 11. The number of para-hydroxylation sites is 1. The number of unbranched alkanes of at least 4 members (excludes halogenated alkanes) is 1. The van der Waals surface area contributed by atoms with Crippen LogP contribution in [0, 0.1) is 17.8 Å². The fourth-order valence-corrected chi connectivity index (χ4v) is 12.5. The summed E-state index contributed by atoms with van der Waals surface area (Å²) in [5, 5.41) is 45.0. The summed E-state index contributed by atoms with van der Waals surface area (Å²) < 4.78 is 1.09. The Morgan fingerprint density at radius 2 is 1.24 bits per heavy atom. The van der Waals surface area contributed by atoms with Gasteiger partial charge >= 0.3 is 0 Å². The summed E-state index contributed by atoms with van der Waals surface area (Å²) in [6.07, 6.45) is 4.98. The van der Waals surface area contributed by atoms with Crippen LogP contribution in [0.4, 0.5) is 5.69 Å². The van der Waals surface area contributed by atoms with Crippen molar-refractivity contribution < 1.29 is 63.0 Å². The summed E-state index contributed by atoms with van der Waals surface area (Å²) in [6.45, 7) is 11.9. The number of aromatic amines is 2. The van der Waals surface area contributed by atoms with Crippen molar-refractivity contribution in [2.24, 2.45) is 45.7 Å². The van der Waals surface area contributed by atoms with Crippen molar-refractivity contribution in [3.63, 3.8) is 0 Å². The molecule has 35 heteroatoms. The number of aliphatic hydroxyl groups excluding tert-OH is 1. The maximum absolute atomic E-state index is 15.0. The molecule has 3 aromatic heterocycles. The van der Waals surface area contributed by atoms with Crippen LogP contribution in [0.15, 0.2) is 102 Å². The van der Waals surface area contributed by atoms with Crippen molar-refractivity contribution in [1.82, 2.24) is 77.3 Å². The van der Waals surface area contributed by atoms with Gasteiger partial charge in [0.25, 0.3) is 5.56 Å². The van der Waals surface area contributed by atoms with Crippen LogP contribution < -0.4 is 81.2 Å². The van der Waals surface area contributed by atoms with Gasteiger partial charge in [-0.25, -0.2) is 9.97 Å². The molecule has 3 unspecified atom stereocenters. The SMILES string of the molecule is CNC(=O)[C@@H](NC(=O)[C@@H](NC(=O)C(Cc1c[nH]c2ccccc12)NC(=O)[C@H](CC(N)=O)NC(=O)C(CC(C)C)NC(=O)[C@H](Cc1ccc(O)cc1)NC(=O)C(Cc1cnc[nH]1)NC(=O)[C@H](CCCN=C(N)N)NC(=O)Cn1cnc2ccc(N3CCN(C(=O)[C@@H](C)CCCCN)CC3)cc2c1=O)C(C)C)[C@@H](C)O. The molecule has 1 aliphatic heterocycles. The molecule has 1 aliphatic rings. The number of rotatable bonds is 40. The quantitative estimate of drug-likeness (QED) is 0.0113. The topological polar surface area (TPSA) is 539 Å². The number of nitrogens with one attached hydrogen (secondary N) is 11. The zero-order chi connectivity index (χ0) is 78.9. The van der Waals surface area contributed by atoms with Gasteiger partial charge in [0, 0.05) is 99.6 Å². The average Bonchev–Trinajstić information content (AvgIpc) is 0.953. The molecule has 4 heterocycles. The molecule has 584 valence electrons. The predicted octanol–water partition coefficient (Wildman–Crippen LogP) is -1.92. The Labute approximate surface area is 624 Å². The predicted molar refractivity (Wildman–Crippen MR) is 402 cm³/mol. The lowest BCUT2D eigenvalue weighted by atomic mass is 9.99. The molecule has 1 fully saturated rings. The summed E-state index contributed by atoms with van der Waals surface area (Å²) in [6, 6.07) is 5.84. The largest absolute Gasteiger partial charge is 0.508 e. The number of aliphatic hydroxyl groups is 1. The van der Waals surface area contributed by atoms with E-state index in [4.69, 9.17) is 22.9 Å². The highest BCUT2D eigenvalue weighted by molar-refractivity contribution is 6.00. The maximum atomic E-state index is 15.0. The number of fused-ring (bicyclic) bond motifs is 2. The minimum absolute atomic E-state index is 0.0175. The standard InChI is InChI=1S/C73H103N21O14/c1-40(2)29-54(64(100)89-58(34-59(75)97)67(103)87-56(31-45-35-81-51-15-9-8-14-49(45)51)68(104)90-61(41(3)4)70(106)91-62(43(6)95)69(105)78-7)85-65(101)55(30-44-17-20-48(96)21-18-44)86-66(102)57(32-46-36-79-38-82-46)88-63(99)53(16-12-24-80-73(76)77)84-60(98)37-94-39-83-52-22-19-47(33-50(52)72(94)108)92-25-27-93(28-26-92)71(107)42(5)13-10-11-23-74/h8-9,14-15,17-22,33,35-36,38-43,53-58,61-62,81,95-96H,10-13,16,23-32,34,37,74H2,1-7H3,(H2,75,97)(H,78,105)(H,79,82)(H,84,98)(H,85,101)(H,86,102)(H,87,103)(H,88,99)(H,89,100)(H,90,104)(H,91,106)(H4,76,77,80)/t42-,43+,53-,54?,55-,56?,57?,58-,61-,62-/m0/s1. The Morgan fingerprint density at radius 1 is 0.630 bits per heavy atom. The number of phenolic OH excluding ortho intramolecular Hbond substituents is 1. The second-order valence-corrected chi connectivity index (χ2v) is 27.8. The molecule has 108 heavy (non-hydrogen) atoms. The molecule has 0 spiro atoms. The lowest BCUT2D eigenvalue weighted by molar-refractivity contribution is -0.137. The number of primary amides is 1. The molecule has 11 amide bonds. The molecule has 3 aromatic carbocycles. The Morgan fingerprint density at radius 3 is 1.86 bits per heavy atom. The van der Waals surface area contributed by atoms with Crippen molar-refractivity contribution in [2.75, 3.05) is 51.2 Å². The molecule has 10 atom stereocenters. The van der Waals surface area contributed by atoms with E-state index in [1.54, 1.807) is 70.3 Å². The van der Waals surface area contributed by atoms with Crippen molar-refractivity contribution in [1.29, 1.82) is 0 Å². The van der Waals surface area contributed by atoms with Crippen LogP contribution in [0.2, 0.25) is 0 Å². The van der Waals surface area contributed by atoms with Crippen LogP contribution in [-0.4, -0.2) is 211 Å². The minimum Gasteiger partial charge on any atom is -0.508 e. The number of carbonyl (C=O) groups excluding carboxylic acids is 11. The fraction of sp³-hybridized carbons (Fsp3) is 0.493. The van der Waals surface area contributed by atoms with Crippen molar-refractivity contribution >= 4 is 98.4 Å². The van der Waals surface area contributed by atoms with E-state index in [0.29, 0.717) is 71.7 Å². The molecule has 0 radical (unpaired) electrons. The molecular weight excluding hydrogens is 1390 g/mol.